The van der Waals surface area contributed by atoms with Crippen LogP contribution in [0.5, 0.6) is 0 Å². The molecule has 1 aromatic carbocycles. The number of benzene rings is 1. The topological polar surface area (TPSA) is 15.3 Å². The van der Waals surface area contributed by atoms with Crippen LogP contribution < -0.4 is 10.2 Å². The lowest BCUT2D eigenvalue weighted by Crippen LogP contribution is -2.46. The lowest BCUT2D eigenvalue weighted by molar-refractivity contribution is 0.461. The van der Waals surface area contributed by atoms with Gasteiger partial charge in [0, 0.05) is 24.3 Å². The van der Waals surface area contributed by atoms with E-state index in [9.17, 15) is 0 Å². The SMILES string of the molecule is CC1CCc2ccccc2N1CC1CCCCCN1. The highest BCUT2D eigenvalue weighted by Gasteiger charge is 2.25. The van der Waals surface area contributed by atoms with Crippen molar-refractivity contribution in [1.82, 2.24) is 5.32 Å². The molecule has 19 heavy (non-hydrogen) atoms. The molecular weight excluding hydrogens is 232 g/mol. The van der Waals surface area contributed by atoms with Crippen molar-refractivity contribution in [3.05, 3.63) is 29.8 Å². The molecule has 0 saturated carbocycles. The number of nitrogens with one attached hydrogen (secondary N) is 1. The van der Waals surface area contributed by atoms with Crippen LogP contribution in [0, 0.1) is 0 Å². The Labute approximate surface area is 117 Å². The fourth-order valence-electron chi connectivity index (χ4n) is 3.53. The molecule has 0 aromatic heterocycles. The lowest BCUT2D eigenvalue weighted by atomic mass is 9.95. The highest BCUT2D eigenvalue weighted by atomic mass is 15.2. The Morgan fingerprint density at radius 1 is 1.16 bits per heavy atom. The molecule has 2 heteroatoms. The fourth-order valence-corrected chi connectivity index (χ4v) is 3.53. The molecule has 1 N–H and O–H groups in total. The number of hydrogen-bond donors (Lipinski definition) is 1. The second-order valence-electron chi connectivity index (χ2n) is 6.17. The summed E-state index contributed by atoms with van der Waals surface area (Å²) in [7, 11) is 0. The summed E-state index contributed by atoms with van der Waals surface area (Å²) in [5, 5.41) is 3.74. The quantitative estimate of drug-likeness (QED) is 0.875. The molecule has 1 fully saturated rings. The maximum absolute atomic E-state index is 3.74. The molecule has 0 amide bonds. The van der Waals surface area contributed by atoms with Crippen molar-refractivity contribution >= 4 is 5.69 Å². The minimum absolute atomic E-state index is 0.677. The van der Waals surface area contributed by atoms with E-state index in [2.05, 4.69) is 41.4 Å². The summed E-state index contributed by atoms with van der Waals surface area (Å²) in [4.78, 5) is 2.64. The van der Waals surface area contributed by atoms with Crippen LogP contribution in [0.1, 0.15) is 44.6 Å². The van der Waals surface area contributed by atoms with Gasteiger partial charge in [-0.3, -0.25) is 0 Å². The largest absolute Gasteiger partial charge is 0.367 e. The van der Waals surface area contributed by atoms with Gasteiger partial charge in [-0.05, 0) is 50.8 Å². The van der Waals surface area contributed by atoms with Crippen molar-refractivity contribution in [1.29, 1.82) is 0 Å². The summed E-state index contributed by atoms with van der Waals surface area (Å²) in [6.45, 7) is 4.76. The zero-order valence-electron chi connectivity index (χ0n) is 12.1. The van der Waals surface area contributed by atoms with Crippen molar-refractivity contribution in [2.24, 2.45) is 0 Å². The molecule has 2 aliphatic rings. The molecule has 1 saturated heterocycles. The molecule has 2 unspecified atom stereocenters. The van der Waals surface area contributed by atoms with Crippen LogP contribution in [0.3, 0.4) is 0 Å². The third kappa shape index (κ3) is 2.94. The van der Waals surface area contributed by atoms with E-state index >= 15 is 0 Å². The third-order valence-corrected chi connectivity index (χ3v) is 4.74. The summed E-state index contributed by atoms with van der Waals surface area (Å²) in [5.74, 6) is 0. The van der Waals surface area contributed by atoms with Crippen molar-refractivity contribution < 1.29 is 0 Å². The van der Waals surface area contributed by atoms with Crippen LogP contribution in [0.25, 0.3) is 0 Å². The molecule has 3 rings (SSSR count). The highest BCUT2D eigenvalue weighted by Crippen LogP contribution is 2.30. The first-order chi connectivity index (χ1) is 9.34. The van der Waals surface area contributed by atoms with Gasteiger partial charge in [0.1, 0.15) is 0 Å². The Bertz CT molecular complexity index is 407. The van der Waals surface area contributed by atoms with Crippen molar-refractivity contribution in [2.45, 2.75) is 57.5 Å². The van der Waals surface area contributed by atoms with Gasteiger partial charge >= 0.3 is 0 Å². The van der Waals surface area contributed by atoms with Gasteiger partial charge in [0.2, 0.25) is 0 Å². The van der Waals surface area contributed by atoms with Crippen LogP contribution in [0.15, 0.2) is 24.3 Å². The van der Waals surface area contributed by atoms with Crippen LogP contribution in [0.4, 0.5) is 5.69 Å². The molecule has 0 bridgehead atoms. The molecule has 2 atom stereocenters. The van der Waals surface area contributed by atoms with Gasteiger partial charge in [-0.2, -0.15) is 0 Å². The summed E-state index contributed by atoms with van der Waals surface area (Å²) in [5.41, 5.74) is 3.02. The number of hydrogen-bond acceptors (Lipinski definition) is 2. The molecule has 0 radical (unpaired) electrons. The van der Waals surface area contributed by atoms with Crippen molar-refractivity contribution in [3.63, 3.8) is 0 Å². The maximum atomic E-state index is 3.74. The Hall–Kier alpha value is -1.02. The van der Waals surface area contributed by atoms with Gasteiger partial charge in [0.05, 0.1) is 0 Å². The van der Waals surface area contributed by atoms with E-state index in [1.807, 2.05) is 0 Å². The number of anilines is 1. The number of para-hydroxylation sites is 1. The van der Waals surface area contributed by atoms with E-state index < -0.39 is 0 Å². The first-order valence-corrected chi connectivity index (χ1v) is 7.92. The molecule has 2 aliphatic heterocycles. The second kappa shape index (κ2) is 5.96. The molecule has 1 aromatic rings. The minimum Gasteiger partial charge on any atom is -0.367 e. The lowest BCUT2D eigenvalue weighted by Gasteiger charge is -2.39. The Balaban J connectivity index is 1.75. The zero-order chi connectivity index (χ0) is 13.1. The van der Waals surface area contributed by atoms with Gasteiger partial charge in [0.25, 0.3) is 0 Å². The number of rotatable bonds is 2. The standard InChI is InChI=1S/C17H26N2/c1-14-10-11-15-7-4-5-9-17(15)19(14)13-16-8-3-2-6-12-18-16/h4-5,7,9,14,16,18H,2-3,6,8,10-13H2,1H3. The number of fused-ring (bicyclic) bond motifs is 1. The second-order valence-corrected chi connectivity index (χ2v) is 6.17. The van der Waals surface area contributed by atoms with Crippen LogP contribution in [-0.2, 0) is 6.42 Å². The average molecular weight is 258 g/mol. The molecule has 0 aliphatic carbocycles. The van der Waals surface area contributed by atoms with E-state index in [1.165, 1.54) is 62.9 Å². The molecule has 2 heterocycles. The summed E-state index contributed by atoms with van der Waals surface area (Å²) < 4.78 is 0. The molecular formula is C17H26N2. The maximum Gasteiger partial charge on any atom is 0.0401 e. The normalized spacial score (nSPS) is 27.7. The monoisotopic (exact) mass is 258 g/mol. The van der Waals surface area contributed by atoms with E-state index in [0.717, 1.165) is 0 Å². The van der Waals surface area contributed by atoms with Gasteiger partial charge in [-0.15, -0.1) is 0 Å². The molecule has 104 valence electrons. The van der Waals surface area contributed by atoms with E-state index in [-0.39, 0.29) is 0 Å². The molecule has 0 spiro atoms. The summed E-state index contributed by atoms with van der Waals surface area (Å²) >= 11 is 0. The first kappa shape index (κ1) is 13.0. The summed E-state index contributed by atoms with van der Waals surface area (Å²) in [6, 6.07) is 10.3. The fraction of sp³-hybridized carbons (Fsp3) is 0.647. The number of aryl methyl sites for hydroxylation is 1. The Morgan fingerprint density at radius 2 is 2.05 bits per heavy atom. The van der Waals surface area contributed by atoms with E-state index in [4.69, 9.17) is 0 Å². The highest BCUT2D eigenvalue weighted by molar-refractivity contribution is 5.56. The van der Waals surface area contributed by atoms with Crippen molar-refractivity contribution in [2.75, 3.05) is 18.0 Å². The van der Waals surface area contributed by atoms with Gasteiger partial charge in [0.15, 0.2) is 0 Å². The van der Waals surface area contributed by atoms with Gasteiger partial charge < -0.3 is 10.2 Å². The number of nitrogens with zero attached hydrogens (tertiary/aromatic N) is 1. The molecule has 2 nitrogen and oxygen atoms in total. The summed E-state index contributed by atoms with van der Waals surface area (Å²) in [6.07, 6.45) is 8.01. The van der Waals surface area contributed by atoms with Crippen LogP contribution >= 0.6 is 0 Å². The average Bonchev–Trinajstić information content (AvgIpc) is 2.71. The Kier molecular flexibility index (Phi) is 4.07. The van der Waals surface area contributed by atoms with Gasteiger partial charge in [-0.25, -0.2) is 0 Å². The van der Waals surface area contributed by atoms with Crippen molar-refractivity contribution in [3.8, 4) is 0 Å². The van der Waals surface area contributed by atoms with Crippen LogP contribution in [0.2, 0.25) is 0 Å². The van der Waals surface area contributed by atoms with Gasteiger partial charge in [-0.1, -0.05) is 31.0 Å². The third-order valence-electron chi connectivity index (χ3n) is 4.74. The predicted molar refractivity (Wildman–Crippen MR) is 81.8 cm³/mol. The Morgan fingerprint density at radius 3 is 3.00 bits per heavy atom. The smallest absolute Gasteiger partial charge is 0.0401 e. The van der Waals surface area contributed by atoms with Crippen LogP contribution in [-0.4, -0.2) is 25.2 Å². The van der Waals surface area contributed by atoms with E-state index in [0.29, 0.717) is 12.1 Å². The predicted octanol–water partition coefficient (Wildman–Crippen LogP) is 3.36. The zero-order valence-corrected chi connectivity index (χ0v) is 12.1. The minimum atomic E-state index is 0.677. The van der Waals surface area contributed by atoms with E-state index in [1.54, 1.807) is 0 Å². The first-order valence-electron chi connectivity index (χ1n) is 7.92.